The number of hydrogen-bond donors (Lipinski definition) is 1. The predicted octanol–water partition coefficient (Wildman–Crippen LogP) is 2.65. The predicted molar refractivity (Wildman–Crippen MR) is 84.1 cm³/mol. The first-order valence-corrected chi connectivity index (χ1v) is 9.11. The topological polar surface area (TPSA) is 63.4 Å². The number of nitrogens with two attached hydrogens (primary N) is 1. The van der Waals surface area contributed by atoms with Crippen molar-refractivity contribution in [1.82, 2.24) is 4.31 Å². The number of hydrogen-bond acceptors (Lipinski definition) is 3. The van der Waals surface area contributed by atoms with Gasteiger partial charge in [0.05, 0.1) is 4.90 Å². The summed E-state index contributed by atoms with van der Waals surface area (Å²) in [5, 5.41) is 0. The van der Waals surface area contributed by atoms with Gasteiger partial charge in [-0.2, -0.15) is 4.31 Å². The van der Waals surface area contributed by atoms with Crippen LogP contribution in [0.3, 0.4) is 0 Å². The van der Waals surface area contributed by atoms with E-state index in [0.717, 1.165) is 24.8 Å². The van der Waals surface area contributed by atoms with Gasteiger partial charge in [0.15, 0.2) is 0 Å². The Morgan fingerprint density at radius 1 is 1.40 bits per heavy atom. The Kier molecular flexibility index (Phi) is 4.89. The van der Waals surface area contributed by atoms with Crippen molar-refractivity contribution in [2.24, 2.45) is 5.73 Å². The molecule has 0 aliphatic carbocycles. The Labute approximate surface area is 129 Å². The molecule has 0 aromatic heterocycles. The monoisotopic (exact) mass is 360 g/mol. The summed E-state index contributed by atoms with van der Waals surface area (Å²) in [5.41, 5.74) is 7.00. The van der Waals surface area contributed by atoms with Crippen LogP contribution in [0.4, 0.5) is 0 Å². The van der Waals surface area contributed by atoms with Gasteiger partial charge in [-0.05, 0) is 60.3 Å². The highest BCUT2D eigenvalue weighted by Gasteiger charge is 2.36. The molecule has 2 unspecified atom stereocenters. The third kappa shape index (κ3) is 3.08. The summed E-state index contributed by atoms with van der Waals surface area (Å²) >= 11 is 3.37. The molecule has 0 bridgehead atoms. The van der Waals surface area contributed by atoms with Crippen LogP contribution in [0.25, 0.3) is 0 Å². The molecule has 1 saturated heterocycles. The Bertz CT molecular complexity index is 587. The minimum absolute atomic E-state index is 0.109. The summed E-state index contributed by atoms with van der Waals surface area (Å²) in [7, 11) is -3.50. The van der Waals surface area contributed by atoms with Crippen LogP contribution in [0.15, 0.2) is 27.6 Å². The second-order valence-electron chi connectivity index (χ2n) is 5.47. The molecule has 112 valence electrons. The van der Waals surface area contributed by atoms with Gasteiger partial charge in [0, 0.05) is 23.1 Å². The van der Waals surface area contributed by atoms with Crippen LogP contribution >= 0.6 is 15.9 Å². The summed E-state index contributed by atoms with van der Waals surface area (Å²) in [6.45, 7) is 4.37. The Morgan fingerprint density at radius 2 is 2.10 bits per heavy atom. The number of benzene rings is 1. The number of nitrogens with zero attached hydrogens (tertiary/aromatic N) is 1. The summed E-state index contributed by atoms with van der Waals surface area (Å²) < 4.78 is 27.9. The maximum absolute atomic E-state index is 12.9. The van der Waals surface area contributed by atoms with E-state index in [9.17, 15) is 8.42 Å². The third-order valence-electron chi connectivity index (χ3n) is 3.78. The fourth-order valence-electron chi connectivity index (χ4n) is 2.70. The molecule has 1 aromatic carbocycles. The average Bonchev–Trinajstić information content (AvgIpc) is 2.38. The highest BCUT2D eigenvalue weighted by atomic mass is 79.9. The van der Waals surface area contributed by atoms with Gasteiger partial charge < -0.3 is 5.73 Å². The van der Waals surface area contributed by atoms with E-state index in [1.807, 2.05) is 26.0 Å². The molecule has 2 N–H and O–H groups in total. The van der Waals surface area contributed by atoms with Gasteiger partial charge in [0.1, 0.15) is 0 Å². The van der Waals surface area contributed by atoms with Crippen molar-refractivity contribution in [3.8, 4) is 0 Å². The van der Waals surface area contributed by atoms with E-state index in [2.05, 4.69) is 15.9 Å². The molecule has 1 aromatic rings. The highest BCUT2D eigenvalue weighted by molar-refractivity contribution is 9.10. The molecule has 0 spiro atoms. The molecule has 0 saturated carbocycles. The van der Waals surface area contributed by atoms with Gasteiger partial charge in [-0.3, -0.25) is 0 Å². The van der Waals surface area contributed by atoms with Crippen LogP contribution in [0.1, 0.15) is 31.7 Å². The van der Waals surface area contributed by atoms with E-state index in [4.69, 9.17) is 5.73 Å². The van der Waals surface area contributed by atoms with Gasteiger partial charge in [-0.25, -0.2) is 8.42 Å². The van der Waals surface area contributed by atoms with Crippen molar-refractivity contribution < 1.29 is 8.42 Å². The zero-order chi connectivity index (χ0) is 14.9. The molecule has 1 aliphatic rings. The SMILES string of the molecule is Cc1ccc(S(=O)(=O)N2CCCCC2C(C)N)c(Br)c1. The van der Waals surface area contributed by atoms with Crippen LogP contribution in [0.5, 0.6) is 0 Å². The zero-order valence-corrected chi connectivity index (χ0v) is 14.2. The van der Waals surface area contributed by atoms with Crippen LogP contribution < -0.4 is 5.73 Å². The number of piperidine rings is 1. The molecule has 0 radical (unpaired) electrons. The van der Waals surface area contributed by atoms with Crippen LogP contribution in [0, 0.1) is 6.92 Å². The van der Waals surface area contributed by atoms with E-state index in [1.165, 1.54) is 0 Å². The van der Waals surface area contributed by atoms with Crippen molar-refractivity contribution in [3.63, 3.8) is 0 Å². The van der Waals surface area contributed by atoms with E-state index < -0.39 is 10.0 Å². The molecule has 20 heavy (non-hydrogen) atoms. The Balaban J connectivity index is 2.42. The first kappa shape index (κ1) is 15.9. The molecule has 4 nitrogen and oxygen atoms in total. The fourth-order valence-corrected chi connectivity index (χ4v) is 5.62. The Morgan fingerprint density at radius 3 is 2.70 bits per heavy atom. The summed E-state index contributed by atoms with van der Waals surface area (Å²) in [6, 6.07) is 5.05. The lowest BCUT2D eigenvalue weighted by Crippen LogP contribution is -2.51. The number of sulfonamides is 1. The summed E-state index contributed by atoms with van der Waals surface area (Å²) in [5.74, 6) is 0. The van der Waals surface area contributed by atoms with Crippen LogP contribution in [0.2, 0.25) is 0 Å². The average molecular weight is 361 g/mol. The smallest absolute Gasteiger partial charge is 0.244 e. The number of aryl methyl sites for hydroxylation is 1. The zero-order valence-electron chi connectivity index (χ0n) is 11.8. The summed E-state index contributed by atoms with van der Waals surface area (Å²) in [4.78, 5) is 0.329. The molecule has 2 atom stereocenters. The molecule has 1 heterocycles. The number of halogens is 1. The van der Waals surface area contributed by atoms with E-state index >= 15 is 0 Å². The molecular formula is C14H21BrN2O2S. The van der Waals surface area contributed by atoms with E-state index in [0.29, 0.717) is 15.9 Å². The highest BCUT2D eigenvalue weighted by Crippen LogP contribution is 2.31. The fraction of sp³-hybridized carbons (Fsp3) is 0.571. The van der Waals surface area contributed by atoms with Crippen molar-refractivity contribution in [1.29, 1.82) is 0 Å². The van der Waals surface area contributed by atoms with Crippen LogP contribution in [-0.4, -0.2) is 31.4 Å². The van der Waals surface area contributed by atoms with Gasteiger partial charge in [-0.15, -0.1) is 0 Å². The maximum Gasteiger partial charge on any atom is 0.244 e. The van der Waals surface area contributed by atoms with Crippen molar-refractivity contribution in [2.75, 3.05) is 6.54 Å². The standard InChI is InChI=1S/C14H21BrN2O2S/c1-10-6-7-14(12(15)9-10)20(18,19)17-8-4-3-5-13(17)11(2)16/h6-7,9,11,13H,3-5,8,16H2,1-2H3. The van der Waals surface area contributed by atoms with Crippen LogP contribution in [-0.2, 0) is 10.0 Å². The maximum atomic E-state index is 12.9. The molecular weight excluding hydrogens is 340 g/mol. The minimum Gasteiger partial charge on any atom is -0.326 e. The third-order valence-corrected chi connectivity index (χ3v) is 6.68. The normalized spacial score (nSPS) is 22.7. The quantitative estimate of drug-likeness (QED) is 0.900. The van der Waals surface area contributed by atoms with Gasteiger partial charge in [-0.1, -0.05) is 12.5 Å². The van der Waals surface area contributed by atoms with Gasteiger partial charge in [0.2, 0.25) is 10.0 Å². The van der Waals surface area contributed by atoms with E-state index in [-0.39, 0.29) is 12.1 Å². The largest absolute Gasteiger partial charge is 0.326 e. The molecule has 1 fully saturated rings. The second-order valence-corrected chi connectivity index (χ2v) is 8.19. The minimum atomic E-state index is -3.50. The lowest BCUT2D eigenvalue weighted by molar-refractivity contribution is 0.227. The molecule has 0 amide bonds. The molecule has 6 heteroatoms. The first-order valence-electron chi connectivity index (χ1n) is 6.87. The Hall–Kier alpha value is -0.430. The van der Waals surface area contributed by atoms with Gasteiger partial charge in [0.25, 0.3) is 0 Å². The number of rotatable bonds is 3. The summed E-state index contributed by atoms with van der Waals surface area (Å²) in [6.07, 6.45) is 2.76. The van der Waals surface area contributed by atoms with E-state index in [1.54, 1.807) is 10.4 Å². The first-order chi connectivity index (χ1) is 9.34. The van der Waals surface area contributed by atoms with Gasteiger partial charge >= 0.3 is 0 Å². The van der Waals surface area contributed by atoms with Crippen molar-refractivity contribution in [2.45, 2.75) is 50.1 Å². The second kappa shape index (κ2) is 6.13. The lowest BCUT2D eigenvalue weighted by atomic mass is 10.00. The lowest BCUT2D eigenvalue weighted by Gasteiger charge is -2.37. The van der Waals surface area contributed by atoms with Crippen molar-refractivity contribution in [3.05, 3.63) is 28.2 Å². The molecule has 1 aliphatic heterocycles. The molecule has 2 rings (SSSR count). The van der Waals surface area contributed by atoms with Crippen molar-refractivity contribution >= 4 is 26.0 Å².